The van der Waals surface area contributed by atoms with Crippen molar-refractivity contribution in [1.82, 2.24) is 10.3 Å². The minimum absolute atomic E-state index is 0.0587. The SMILES string of the molecule is CC1CCC(C(N)=O)CN1C(=O)C1=NNC(=O)CC1. The summed E-state index contributed by atoms with van der Waals surface area (Å²) in [6.45, 7) is 2.28. The second-order valence-corrected chi connectivity index (χ2v) is 5.08. The van der Waals surface area contributed by atoms with Gasteiger partial charge in [-0.25, -0.2) is 5.43 Å². The summed E-state index contributed by atoms with van der Waals surface area (Å²) in [5.74, 6) is -1.06. The van der Waals surface area contributed by atoms with Gasteiger partial charge in [0.1, 0.15) is 5.71 Å². The van der Waals surface area contributed by atoms with Crippen molar-refractivity contribution in [3.8, 4) is 0 Å². The summed E-state index contributed by atoms with van der Waals surface area (Å²) in [6, 6.07) is 0.0587. The molecule has 7 heteroatoms. The molecule has 0 bridgehead atoms. The minimum Gasteiger partial charge on any atom is -0.369 e. The van der Waals surface area contributed by atoms with Crippen LogP contribution in [0.4, 0.5) is 0 Å². The fourth-order valence-corrected chi connectivity index (χ4v) is 2.42. The Bertz CT molecular complexity index is 446. The number of likely N-dealkylation sites (tertiary alicyclic amines) is 1. The Morgan fingerprint density at radius 2 is 2.11 bits per heavy atom. The van der Waals surface area contributed by atoms with Gasteiger partial charge in [0.05, 0.1) is 5.92 Å². The summed E-state index contributed by atoms with van der Waals surface area (Å²) < 4.78 is 0. The standard InChI is InChI=1S/C12H18N4O3/c1-7-2-3-8(11(13)18)6-16(7)12(19)9-4-5-10(17)15-14-9/h7-8H,2-6H2,1H3,(H2,13,18)(H,15,17). The van der Waals surface area contributed by atoms with E-state index >= 15 is 0 Å². The van der Waals surface area contributed by atoms with Crippen LogP contribution in [-0.4, -0.2) is 40.9 Å². The molecule has 2 aliphatic rings. The lowest BCUT2D eigenvalue weighted by Gasteiger charge is -2.37. The number of amides is 3. The first-order chi connectivity index (χ1) is 8.99. The highest BCUT2D eigenvalue weighted by molar-refractivity contribution is 6.39. The van der Waals surface area contributed by atoms with Crippen LogP contribution >= 0.6 is 0 Å². The Kier molecular flexibility index (Phi) is 3.82. The van der Waals surface area contributed by atoms with Gasteiger partial charge in [-0.2, -0.15) is 5.10 Å². The van der Waals surface area contributed by atoms with Gasteiger partial charge in [-0.05, 0) is 19.8 Å². The first-order valence-electron chi connectivity index (χ1n) is 6.44. The molecule has 2 atom stereocenters. The summed E-state index contributed by atoms with van der Waals surface area (Å²) in [4.78, 5) is 36.2. The van der Waals surface area contributed by atoms with Gasteiger partial charge >= 0.3 is 0 Å². The third-order valence-corrected chi connectivity index (χ3v) is 3.70. The van der Waals surface area contributed by atoms with Gasteiger partial charge in [0.25, 0.3) is 5.91 Å². The van der Waals surface area contributed by atoms with Gasteiger partial charge in [0, 0.05) is 25.4 Å². The molecule has 1 fully saturated rings. The Morgan fingerprint density at radius 1 is 1.37 bits per heavy atom. The minimum atomic E-state index is -0.372. The number of primary amides is 1. The molecule has 3 amide bonds. The van der Waals surface area contributed by atoms with Crippen LogP contribution in [0.2, 0.25) is 0 Å². The zero-order chi connectivity index (χ0) is 14.0. The third-order valence-electron chi connectivity index (χ3n) is 3.70. The largest absolute Gasteiger partial charge is 0.369 e. The maximum Gasteiger partial charge on any atom is 0.270 e. The first kappa shape index (κ1) is 13.5. The maximum atomic E-state index is 12.3. The second kappa shape index (κ2) is 5.38. The Hall–Kier alpha value is -1.92. The van der Waals surface area contributed by atoms with E-state index in [0.717, 1.165) is 6.42 Å². The number of piperidine rings is 1. The molecular formula is C12H18N4O3. The average molecular weight is 266 g/mol. The lowest BCUT2D eigenvalue weighted by Crippen LogP contribution is -2.51. The molecule has 7 nitrogen and oxygen atoms in total. The fourth-order valence-electron chi connectivity index (χ4n) is 2.42. The Morgan fingerprint density at radius 3 is 2.68 bits per heavy atom. The van der Waals surface area contributed by atoms with Gasteiger partial charge in [0.15, 0.2) is 0 Å². The number of rotatable bonds is 2. The van der Waals surface area contributed by atoms with Crippen molar-refractivity contribution in [2.75, 3.05) is 6.54 Å². The van der Waals surface area contributed by atoms with Crippen LogP contribution in [0, 0.1) is 5.92 Å². The van der Waals surface area contributed by atoms with Gasteiger partial charge < -0.3 is 10.6 Å². The number of hydrogen-bond acceptors (Lipinski definition) is 4. The topological polar surface area (TPSA) is 105 Å². The van der Waals surface area contributed by atoms with E-state index in [2.05, 4.69) is 10.5 Å². The zero-order valence-corrected chi connectivity index (χ0v) is 10.9. The van der Waals surface area contributed by atoms with Crippen LogP contribution in [0.15, 0.2) is 5.10 Å². The molecule has 2 aliphatic heterocycles. The molecule has 19 heavy (non-hydrogen) atoms. The lowest BCUT2D eigenvalue weighted by molar-refractivity contribution is -0.131. The van der Waals surface area contributed by atoms with Crippen LogP contribution in [0.1, 0.15) is 32.6 Å². The van der Waals surface area contributed by atoms with Crippen LogP contribution < -0.4 is 11.2 Å². The number of nitrogens with zero attached hydrogens (tertiary/aromatic N) is 2. The molecule has 0 aliphatic carbocycles. The van der Waals surface area contributed by atoms with Crippen LogP contribution in [-0.2, 0) is 14.4 Å². The quantitative estimate of drug-likeness (QED) is 0.694. The molecule has 2 rings (SSSR count). The molecule has 0 radical (unpaired) electrons. The maximum absolute atomic E-state index is 12.3. The number of nitrogens with two attached hydrogens (primary N) is 1. The van der Waals surface area contributed by atoms with E-state index in [1.807, 2.05) is 6.92 Å². The summed E-state index contributed by atoms with van der Waals surface area (Å²) in [5.41, 5.74) is 7.96. The number of carbonyl (C=O) groups excluding carboxylic acids is 3. The number of nitrogens with one attached hydrogen (secondary N) is 1. The summed E-state index contributed by atoms with van der Waals surface area (Å²) in [5, 5.41) is 3.80. The van der Waals surface area contributed by atoms with E-state index in [4.69, 9.17) is 5.73 Å². The van der Waals surface area contributed by atoms with Crippen molar-refractivity contribution in [3.05, 3.63) is 0 Å². The molecule has 0 saturated carbocycles. The molecule has 2 unspecified atom stereocenters. The molecule has 0 spiro atoms. The van der Waals surface area contributed by atoms with Crippen molar-refractivity contribution < 1.29 is 14.4 Å². The number of carbonyl (C=O) groups is 3. The van der Waals surface area contributed by atoms with Crippen molar-refractivity contribution in [2.24, 2.45) is 16.8 Å². The van der Waals surface area contributed by atoms with E-state index in [1.165, 1.54) is 0 Å². The normalized spacial score (nSPS) is 27.5. The molecule has 0 aromatic rings. The van der Waals surface area contributed by atoms with Crippen molar-refractivity contribution in [3.63, 3.8) is 0 Å². The molecule has 0 aromatic carbocycles. The molecular weight excluding hydrogens is 248 g/mol. The summed E-state index contributed by atoms with van der Waals surface area (Å²) >= 11 is 0. The van der Waals surface area contributed by atoms with E-state index in [0.29, 0.717) is 25.1 Å². The highest BCUT2D eigenvalue weighted by Gasteiger charge is 2.34. The predicted octanol–water partition coefficient (Wildman–Crippen LogP) is -0.635. The number of hydrogen-bond donors (Lipinski definition) is 2. The molecule has 1 saturated heterocycles. The van der Waals surface area contributed by atoms with Crippen molar-refractivity contribution in [1.29, 1.82) is 0 Å². The smallest absolute Gasteiger partial charge is 0.270 e. The van der Waals surface area contributed by atoms with Gasteiger partial charge in [0.2, 0.25) is 11.8 Å². The fraction of sp³-hybridized carbons (Fsp3) is 0.667. The van der Waals surface area contributed by atoms with Gasteiger partial charge in [-0.15, -0.1) is 0 Å². The van der Waals surface area contributed by atoms with Crippen LogP contribution in [0.5, 0.6) is 0 Å². The van der Waals surface area contributed by atoms with Crippen molar-refractivity contribution in [2.45, 2.75) is 38.6 Å². The van der Waals surface area contributed by atoms with Crippen molar-refractivity contribution >= 4 is 23.4 Å². The first-order valence-corrected chi connectivity index (χ1v) is 6.44. The van der Waals surface area contributed by atoms with E-state index in [1.54, 1.807) is 4.90 Å². The summed E-state index contributed by atoms with van der Waals surface area (Å²) in [6.07, 6.45) is 2.07. The van der Waals surface area contributed by atoms with Crippen LogP contribution in [0.3, 0.4) is 0 Å². The summed E-state index contributed by atoms with van der Waals surface area (Å²) in [7, 11) is 0. The van der Waals surface area contributed by atoms with Gasteiger partial charge in [-0.1, -0.05) is 0 Å². The van der Waals surface area contributed by atoms with Gasteiger partial charge in [-0.3, -0.25) is 14.4 Å². The van der Waals surface area contributed by atoms with E-state index in [-0.39, 0.29) is 36.1 Å². The highest BCUT2D eigenvalue weighted by Crippen LogP contribution is 2.22. The average Bonchev–Trinajstić information content (AvgIpc) is 2.39. The molecule has 0 aromatic heterocycles. The molecule has 2 heterocycles. The molecule has 3 N–H and O–H groups in total. The molecule has 104 valence electrons. The highest BCUT2D eigenvalue weighted by atomic mass is 16.2. The van der Waals surface area contributed by atoms with E-state index in [9.17, 15) is 14.4 Å². The van der Waals surface area contributed by atoms with Crippen LogP contribution in [0.25, 0.3) is 0 Å². The zero-order valence-electron chi connectivity index (χ0n) is 10.9. The second-order valence-electron chi connectivity index (χ2n) is 5.08. The Labute approximate surface area is 111 Å². The Balaban J connectivity index is 2.08. The monoisotopic (exact) mass is 266 g/mol. The third kappa shape index (κ3) is 2.91. The van der Waals surface area contributed by atoms with E-state index < -0.39 is 0 Å². The number of hydrazone groups is 1. The predicted molar refractivity (Wildman–Crippen MR) is 67.9 cm³/mol. The lowest BCUT2D eigenvalue weighted by atomic mass is 9.92.